The Morgan fingerprint density at radius 1 is 1.24 bits per heavy atom. The topological polar surface area (TPSA) is 42.2 Å². The van der Waals surface area contributed by atoms with Crippen molar-refractivity contribution < 1.29 is 5.11 Å². The minimum Gasteiger partial charge on any atom is -0.384 e. The standard InChI is InChI=1S/C16H10ClNO2S/c17-13-8-7-11(4-3-9-19)10-14(13)18-16(20)12-5-1-2-6-15(12)21-18/h1-2,5-8,10,19H,9H2. The Hall–Kier alpha value is -2.06. The van der Waals surface area contributed by atoms with Gasteiger partial charge < -0.3 is 5.11 Å². The molecule has 0 spiro atoms. The molecule has 0 fully saturated rings. The molecule has 0 aliphatic rings. The predicted octanol–water partition coefficient (Wildman–Crippen LogP) is 3.05. The van der Waals surface area contributed by atoms with Crippen LogP contribution in [0.5, 0.6) is 0 Å². The monoisotopic (exact) mass is 315 g/mol. The van der Waals surface area contributed by atoms with Crippen molar-refractivity contribution in [2.24, 2.45) is 0 Å². The Labute approximate surface area is 130 Å². The highest BCUT2D eigenvalue weighted by molar-refractivity contribution is 7.14. The third kappa shape index (κ3) is 2.59. The van der Waals surface area contributed by atoms with Crippen LogP contribution in [0, 0.1) is 11.8 Å². The summed E-state index contributed by atoms with van der Waals surface area (Å²) in [6.45, 7) is -0.208. The van der Waals surface area contributed by atoms with Gasteiger partial charge in [-0.3, -0.25) is 4.79 Å². The van der Waals surface area contributed by atoms with Crippen LogP contribution in [0.3, 0.4) is 0 Å². The fraction of sp³-hybridized carbons (Fsp3) is 0.0625. The highest BCUT2D eigenvalue weighted by atomic mass is 35.5. The Kier molecular flexibility index (Phi) is 3.80. The lowest BCUT2D eigenvalue weighted by molar-refractivity contribution is 0.350. The molecule has 2 aromatic carbocycles. The summed E-state index contributed by atoms with van der Waals surface area (Å²) in [5.41, 5.74) is 1.21. The van der Waals surface area contributed by atoms with E-state index in [0.29, 0.717) is 21.7 Å². The van der Waals surface area contributed by atoms with Crippen LogP contribution in [0.25, 0.3) is 15.8 Å². The molecule has 0 saturated carbocycles. The van der Waals surface area contributed by atoms with Gasteiger partial charge in [-0.2, -0.15) is 0 Å². The number of halogens is 1. The van der Waals surface area contributed by atoms with Crippen molar-refractivity contribution in [1.82, 2.24) is 3.96 Å². The van der Waals surface area contributed by atoms with E-state index in [2.05, 4.69) is 11.8 Å². The van der Waals surface area contributed by atoms with Gasteiger partial charge in [0, 0.05) is 5.56 Å². The van der Waals surface area contributed by atoms with Crippen molar-refractivity contribution in [2.45, 2.75) is 0 Å². The number of aliphatic hydroxyl groups is 1. The lowest BCUT2D eigenvalue weighted by Gasteiger charge is -2.04. The Balaban J connectivity index is 2.22. The Morgan fingerprint density at radius 2 is 2.05 bits per heavy atom. The molecule has 0 atom stereocenters. The SMILES string of the molecule is O=c1c2ccccc2sn1-c1cc(C#CCO)ccc1Cl. The third-order valence-electron chi connectivity index (χ3n) is 2.97. The first kappa shape index (κ1) is 13.9. The molecule has 0 bridgehead atoms. The molecule has 1 aromatic heterocycles. The van der Waals surface area contributed by atoms with E-state index in [1.807, 2.05) is 18.2 Å². The van der Waals surface area contributed by atoms with E-state index in [9.17, 15) is 4.79 Å². The van der Waals surface area contributed by atoms with Gasteiger partial charge in [0.1, 0.15) is 6.61 Å². The summed E-state index contributed by atoms with van der Waals surface area (Å²) in [4.78, 5) is 12.4. The lowest BCUT2D eigenvalue weighted by atomic mass is 10.2. The van der Waals surface area contributed by atoms with E-state index in [-0.39, 0.29) is 12.2 Å². The second kappa shape index (κ2) is 5.74. The molecular formula is C16H10ClNO2S. The van der Waals surface area contributed by atoms with Crippen LogP contribution < -0.4 is 5.56 Å². The Morgan fingerprint density at radius 3 is 2.81 bits per heavy atom. The number of rotatable bonds is 1. The van der Waals surface area contributed by atoms with E-state index >= 15 is 0 Å². The van der Waals surface area contributed by atoms with Crippen LogP contribution in [-0.4, -0.2) is 15.7 Å². The van der Waals surface area contributed by atoms with Gasteiger partial charge in [0.15, 0.2) is 0 Å². The van der Waals surface area contributed by atoms with E-state index in [4.69, 9.17) is 16.7 Å². The summed E-state index contributed by atoms with van der Waals surface area (Å²) in [6, 6.07) is 12.7. The molecule has 0 saturated heterocycles. The van der Waals surface area contributed by atoms with Crippen molar-refractivity contribution >= 4 is 33.2 Å². The van der Waals surface area contributed by atoms with Crippen molar-refractivity contribution in [1.29, 1.82) is 0 Å². The summed E-state index contributed by atoms with van der Waals surface area (Å²) < 4.78 is 2.47. The van der Waals surface area contributed by atoms with Crippen LogP contribution in [0.15, 0.2) is 47.3 Å². The molecule has 5 heteroatoms. The van der Waals surface area contributed by atoms with Gasteiger partial charge in [0.2, 0.25) is 0 Å². The molecule has 0 radical (unpaired) electrons. The van der Waals surface area contributed by atoms with E-state index in [1.165, 1.54) is 11.5 Å². The molecule has 0 aliphatic carbocycles. The van der Waals surface area contributed by atoms with Crippen molar-refractivity contribution in [3.05, 3.63) is 63.4 Å². The van der Waals surface area contributed by atoms with Gasteiger partial charge >= 0.3 is 0 Å². The molecular weight excluding hydrogens is 306 g/mol. The maximum Gasteiger partial charge on any atom is 0.273 e. The summed E-state index contributed by atoms with van der Waals surface area (Å²) in [6.07, 6.45) is 0. The first-order valence-electron chi connectivity index (χ1n) is 6.21. The summed E-state index contributed by atoms with van der Waals surface area (Å²) in [7, 11) is 0. The molecule has 1 heterocycles. The second-order valence-corrected chi connectivity index (χ2v) is 5.71. The molecule has 3 aromatic rings. The predicted molar refractivity (Wildman–Crippen MR) is 86.4 cm³/mol. The average molecular weight is 316 g/mol. The Bertz CT molecular complexity index is 931. The number of benzene rings is 2. The van der Waals surface area contributed by atoms with Gasteiger partial charge in [-0.15, -0.1) is 0 Å². The first-order valence-corrected chi connectivity index (χ1v) is 7.36. The number of fused-ring (bicyclic) bond motifs is 1. The molecule has 1 N–H and O–H groups in total. The largest absolute Gasteiger partial charge is 0.384 e. The van der Waals surface area contributed by atoms with Crippen LogP contribution >= 0.6 is 23.1 Å². The zero-order chi connectivity index (χ0) is 14.8. The maximum absolute atomic E-state index is 12.4. The van der Waals surface area contributed by atoms with Gasteiger partial charge in [-0.05, 0) is 30.3 Å². The van der Waals surface area contributed by atoms with Crippen LogP contribution in [0.1, 0.15) is 5.56 Å². The lowest BCUT2D eigenvalue weighted by Crippen LogP contribution is -2.11. The van der Waals surface area contributed by atoms with Gasteiger partial charge in [-0.25, -0.2) is 3.96 Å². The molecule has 21 heavy (non-hydrogen) atoms. The second-order valence-electron chi connectivity index (χ2n) is 4.31. The van der Waals surface area contributed by atoms with Gasteiger partial charge in [0.25, 0.3) is 5.56 Å². The molecule has 0 amide bonds. The third-order valence-corrected chi connectivity index (χ3v) is 4.39. The molecule has 0 aliphatic heterocycles. The normalized spacial score (nSPS) is 10.4. The van der Waals surface area contributed by atoms with E-state index in [0.717, 1.165) is 4.70 Å². The minimum absolute atomic E-state index is 0.0928. The maximum atomic E-state index is 12.4. The van der Waals surface area contributed by atoms with Crippen molar-refractivity contribution in [2.75, 3.05) is 6.61 Å². The highest BCUT2D eigenvalue weighted by Gasteiger charge is 2.11. The fourth-order valence-electron chi connectivity index (χ4n) is 2.02. The van der Waals surface area contributed by atoms with Crippen molar-refractivity contribution in [3.8, 4) is 17.5 Å². The number of hydrogen-bond acceptors (Lipinski definition) is 3. The van der Waals surface area contributed by atoms with E-state index in [1.54, 1.807) is 28.2 Å². The molecule has 104 valence electrons. The molecule has 3 rings (SSSR count). The highest BCUT2D eigenvalue weighted by Crippen LogP contribution is 2.25. The van der Waals surface area contributed by atoms with Crippen LogP contribution in [0.4, 0.5) is 0 Å². The first-order chi connectivity index (χ1) is 10.2. The molecule has 0 unspecified atom stereocenters. The van der Waals surface area contributed by atoms with Crippen molar-refractivity contribution in [3.63, 3.8) is 0 Å². The summed E-state index contributed by atoms with van der Waals surface area (Å²) in [5, 5.41) is 9.91. The summed E-state index contributed by atoms with van der Waals surface area (Å²) in [5.74, 6) is 5.40. The van der Waals surface area contributed by atoms with Crippen LogP contribution in [0.2, 0.25) is 5.02 Å². The smallest absolute Gasteiger partial charge is 0.273 e. The zero-order valence-corrected chi connectivity index (χ0v) is 12.4. The van der Waals surface area contributed by atoms with Gasteiger partial charge in [0.05, 0.1) is 20.8 Å². The minimum atomic E-state index is -0.208. The fourth-order valence-corrected chi connectivity index (χ4v) is 3.29. The van der Waals surface area contributed by atoms with E-state index < -0.39 is 0 Å². The number of nitrogens with zero attached hydrogens (tertiary/aromatic N) is 1. The summed E-state index contributed by atoms with van der Waals surface area (Å²) >= 11 is 7.56. The number of aromatic nitrogens is 1. The number of hydrogen-bond donors (Lipinski definition) is 1. The number of aliphatic hydroxyl groups excluding tert-OH is 1. The van der Waals surface area contributed by atoms with Crippen LogP contribution in [-0.2, 0) is 0 Å². The van der Waals surface area contributed by atoms with Gasteiger partial charge in [-0.1, -0.05) is 47.1 Å². The quantitative estimate of drug-likeness (QED) is 0.701. The molecule has 3 nitrogen and oxygen atoms in total. The zero-order valence-electron chi connectivity index (χ0n) is 10.8. The average Bonchev–Trinajstić information content (AvgIpc) is 2.84.